The Balaban J connectivity index is 1.96. The maximum Gasteiger partial charge on any atom is 0.261 e. The highest BCUT2D eigenvalue weighted by molar-refractivity contribution is 9.10. The molecule has 1 aromatic carbocycles. The molecule has 0 bridgehead atoms. The van der Waals surface area contributed by atoms with E-state index in [1.807, 2.05) is 0 Å². The van der Waals surface area contributed by atoms with E-state index >= 15 is 0 Å². The van der Waals surface area contributed by atoms with Crippen molar-refractivity contribution in [3.8, 4) is 5.75 Å². The Morgan fingerprint density at radius 2 is 2.35 bits per heavy atom. The van der Waals surface area contributed by atoms with Gasteiger partial charge in [0.1, 0.15) is 6.04 Å². The summed E-state index contributed by atoms with van der Waals surface area (Å²) in [4.78, 5) is 24.9. The van der Waals surface area contributed by atoms with Gasteiger partial charge in [-0.2, -0.15) is 0 Å². The van der Waals surface area contributed by atoms with Gasteiger partial charge < -0.3 is 15.0 Å². The molecule has 1 aliphatic heterocycles. The van der Waals surface area contributed by atoms with Crippen LogP contribution in [0.1, 0.15) is 6.92 Å². The van der Waals surface area contributed by atoms with Crippen LogP contribution in [-0.2, 0) is 9.59 Å². The van der Waals surface area contributed by atoms with E-state index in [1.54, 1.807) is 13.0 Å². The molecule has 1 saturated heterocycles. The van der Waals surface area contributed by atoms with Gasteiger partial charge in [-0.05, 0) is 25.1 Å². The number of carbonyl (C=O) groups excluding carboxylic acids is 2. The molecule has 1 N–H and O–H groups in total. The highest BCUT2D eigenvalue weighted by Gasteiger charge is 2.29. The van der Waals surface area contributed by atoms with Gasteiger partial charge in [0, 0.05) is 17.6 Å². The van der Waals surface area contributed by atoms with Gasteiger partial charge in [-0.3, -0.25) is 9.59 Å². The normalized spacial score (nSPS) is 18.6. The number of ether oxygens (including phenoxy) is 1. The highest BCUT2D eigenvalue weighted by Crippen LogP contribution is 2.21. The third-order valence-corrected chi connectivity index (χ3v) is 3.56. The second-order valence-corrected chi connectivity index (χ2v) is 5.33. The number of hydrogen-bond donors (Lipinski definition) is 1. The minimum Gasteiger partial charge on any atom is -0.481 e. The highest BCUT2D eigenvalue weighted by atomic mass is 79.9. The second-order valence-electron chi connectivity index (χ2n) is 4.42. The van der Waals surface area contributed by atoms with Crippen LogP contribution in [-0.4, -0.2) is 42.5 Å². The van der Waals surface area contributed by atoms with Crippen LogP contribution in [0.5, 0.6) is 5.75 Å². The first kappa shape index (κ1) is 14.8. The monoisotopic (exact) mass is 344 g/mol. The van der Waals surface area contributed by atoms with Crippen molar-refractivity contribution in [1.82, 2.24) is 10.2 Å². The SMILES string of the molecule is CC1C(=O)NCCN1C(=O)COc1ccc(Br)cc1F. The smallest absolute Gasteiger partial charge is 0.261 e. The van der Waals surface area contributed by atoms with E-state index in [9.17, 15) is 14.0 Å². The number of nitrogens with zero attached hydrogens (tertiary/aromatic N) is 1. The lowest BCUT2D eigenvalue weighted by molar-refractivity contribution is -0.143. The van der Waals surface area contributed by atoms with E-state index < -0.39 is 11.9 Å². The molecule has 2 amide bonds. The lowest BCUT2D eigenvalue weighted by Crippen LogP contribution is -2.56. The van der Waals surface area contributed by atoms with Crippen molar-refractivity contribution in [2.24, 2.45) is 0 Å². The molecule has 0 aliphatic carbocycles. The fraction of sp³-hybridized carbons (Fsp3) is 0.385. The first-order valence-corrected chi connectivity index (χ1v) is 6.93. The van der Waals surface area contributed by atoms with Gasteiger partial charge >= 0.3 is 0 Å². The number of nitrogens with one attached hydrogen (secondary N) is 1. The minimum atomic E-state index is -0.545. The van der Waals surface area contributed by atoms with Gasteiger partial charge in [0.25, 0.3) is 5.91 Å². The lowest BCUT2D eigenvalue weighted by Gasteiger charge is -2.32. The Kier molecular flexibility index (Phi) is 4.59. The van der Waals surface area contributed by atoms with Crippen molar-refractivity contribution < 1.29 is 18.7 Å². The molecule has 1 heterocycles. The predicted octanol–water partition coefficient (Wildman–Crippen LogP) is 1.31. The maximum atomic E-state index is 13.5. The minimum absolute atomic E-state index is 0.00987. The molecule has 0 saturated carbocycles. The largest absolute Gasteiger partial charge is 0.481 e. The number of carbonyl (C=O) groups is 2. The summed E-state index contributed by atoms with van der Waals surface area (Å²) in [7, 11) is 0. The quantitative estimate of drug-likeness (QED) is 0.899. The molecule has 0 aromatic heterocycles. The van der Waals surface area contributed by atoms with E-state index in [2.05, 4.69) is 21.2 Å². The maximum absolute atomic E-state index is 13.5. The van der Waals surface area contributed by atoms with Crippen LogP contribution in [0, 0.1) is 5.82 Å². The summed E-state index contributed by atoms with van der Waals surface area (Å²) in [6.45, 7) is 2.20. The summed E-state index contributed by atoms with van der Waals surface area (Å²) in [6, 6.07) is 3.80. The number of hydrogen-bond acceptors (Lipinski definition) is 3. The molecular weight excluding hydrogens is 331 g/mol. The lowest BCUT2D eigenvalue weighted by atomic mass is 10.2. The molecule has 1 aromatic rings. The molecule has 20 heavy (non-hydrogen) atoms. The van der Waals surface area contributed by atoms with Crippen molar-refractivity contribution in [2.45, 2.75) is 13.0 Å². The first-order chi connectivity index (χ1) is 9.49. The van der Waals surface area contributed by atoms with Crippen LogP contribution in [0.2, 0.25) is 0 Å². The van der Waals surface area contributed by atoms with Crippen LogP contribution < -0.4 is 10.1 Å². The van der Waals surface area contributed by atoms with Crippen LogP contribution in [0.4, 0.5) is 4.39 Å². The van der Waals surface area contributed by atoms with Crippen LogP contribution in [0.15, 0.2) is 22.7 Å². The van der Waals surface area contributed by atoms with Crippen molar-refractivity contribution >= 4 is 27.7 Å². The fourth-order valence-electron chi connectivity index (χ4n) is 1.94. The number of halogens is 2. The summed E-state index contributed by atoms with van der Waals surface area (Å²) in [5.74, 6) is -1.07. The van der Waals surface area contributed by atoms with Crippen LogP contribution in [0.25, 0.3) is 0 Å². The first-order valence-electron chi connectivity index (χ1n) is 6.14. The van der Waals surface area contributed by atoms with E-state index in [4.69, 9.17) is 4.74 Å². The van der Waals surface area contributed by atoms with Crippen molar-refractivity contribution in [1.29, 1.82) is 0 Å². The van der Waals surface area contributed by atoms with Crippen molar-refractivity contribution in [2.75, 3.05) is 19.7 Å². The van der Waals surface area contributed by atoms with Gasteiger partial charge in [-0.15, -0.1) is 0 Å². The zero-order chi connectivity index (χ0) is 14.7. The summed E-state index contributed by atoms with van der Waals surface area (Å²) >= 11 is 3.14. The standard InChI is InChI=1S/C13H14BrFN2O3/c1-8-13(19)16-4-5-17(8)12(18)7-20-11-3-2-9(14)6-10(11)15/h2-3,6,8H,4-5,7H2,1H3,(H,16,19). The topological polar surface area (TPSA) is 58.6 Å². The average molecular weight is 345 g/mol. The van der Waals surface area contributed by atoms with Gasteiger partial charge in [0.2, 0.25) is 5.91 Å². The van der Waals surface area contributed by atoms with E-state index in [-0.39, 0.29) is 24.2 Å². The van der Waals surface area contributed by atoms with Gasteiger partial charge in [-0.25, -0.2) is 4.39 Å². The molecule has 5 nitrogen and oxygen atoms in total. The van der Waals surface area contributed by atoms with Gasteiger partial charge in [0.05, 0.1) is 0 Å². The van der Waals surface area contributed by atoms with Crippen molar-refractivity contribution in [3.05, 3.63) is 28.5 Å². The molecule has 108 valence electrons. The third-order valence-electron chi connectivity index (χ3n) is 3.06. The van der Waals surface area contributed by atoms with Gasteiger partial charge in [-0.1, -0.05) is 15.9 Å². The molecule has 7 heteroatoms. The second kappa shape index (κ2) is 6.21. The summed E-state index contributed by atoms with van der Waals surface area (Å²) in [5.41, 5.74) is 0. The van der Waals surface area contributed by atoms with Crippen LogP contribution >= 0.6 is 15.9 Å². The molecular formula is C13H14BrFN2O3. The summed E-state index contributed by atoms with van der Waals surface area (Å²) in [6.07, 6.45) is 0. The third kappa shape index (κ3) is 3.27. The molecule has 0 radical (unpaired) electrons. The molecule has 0 spiro atoms. The number of amides is 2. The Hall–Kier alpha value is -1.63. The Labute approximate surface area is 124 Å². The van der Waals surface area contributed by atoms with Gasteiger partial charge in [0.15, 0.2) is 18.2 Å². The predicted molar refractivity (Wildman–Crippen MR) is 73.8 cm³/mol. The zero-order valence-corrected chi connectivity index (χ0v) is 12.4. The number of benzene rings is 1. The Morgan fingerprint density at radius 3 is 3.05 bits per heavy atom. The molecule has 2 rings (SSSR count). The van der Waals surface area contributed by atoms with Crippen molar-refractivity contribution in [3.63, 3.8) is 0 Å². The van der Waals surface area contributed by atoms with E-state index in [1.165, 1.54) is 17.0 Å². The molecule has 1 aliphatic rings. The number of rotatable bonds is 3. The zero-order valence-electron chi connectivity index (χ0n) is 10.9. The number of piperazine rings is 1. The Bertz CT molecular complexity index is 538. The van der Waals surface area contributed by atoms with E-state index in [0.717, 1.165) is 0 Å². The molecule has 1 fully saturated rings. The molecule has 1 unspecified atom stereocenters. The fourth-order valence-corrected chi connectivity index (χ4v) is 2.27. The van der Waals surface area contributed by atoms with E-state index in [0.29, 0.717) is 17.6 Å². The Morgan fingerprint density at radius 1 is 1.60 bits per heavy atom. The molecule has 1 atom stereocenters. The summed E-state index contributed by atoms with van der Waals surface area (Å²) < 4.78 is 19.3. The summed E-state index contributed by atoms with van der Waals surface area (Å²) in [5, 5.41) is 2.67. The van der Waals surface area contributed by atoms with Crippen LogP contribution in [0.3, 0.4) is 0 Å². The average Bonchev–Trinajstić information content (AvgIpc) is 2.40.